The van der Waals surface area contributed by atoms with Crippen LogP contribution in [0.25, 0.3) is 0 Å². The van der Waals surface area contributed by atoms with Crippen LogP contribution >= 0.6 is 0 Å². The van der Waals surface area contributed by atoms with Crippen LogP contribution in [0.1, 0.15) is 290 Å². The van der Waals surface area contributed by atoms with Crippen LogP contribution in [-0.2, 0) is 23.8 Å². The minimum absolute atomic E-state index is 0.0610. The number of hydrogen-bond donors (Lipinski definition) is 0. The molecule has 5 nitrogen and oxygen atoms in total. The molecule has 5 heteroatoms. The fraction of sp³-hybridized carbons (Fsp3) is 0.754. The molecule has 0 aliphatic rings. The van der Waals surface area contributed by atoms with Crippen LogP contribution in [0.15, 0.2) is 85.1 Å². The minimum atomic E-state index is -0.570. The predicted molar refractivity (Wildman–Crippen MR) is 307 cm³/mol. The van der Waals surface area contributed by atoms with Crippen LogP contribution < -0.4 is 0 Å². The molecule has 0 heterocycles. The highest BCUT2D eigenvalue weighted by molar-refractivity contribution is 5.70. The molecule has 0 fully saturated rings. The van der Waals surface area contributed by atoms with Crippen molar-refractivity contribution in [1.82, 2.24) is 0 Å². The van der Waals surface area contributed by atoms with E-state index in [1.54, 1.807) is 0 Å². The zero-order valence-corrected chi connectivity index (χ0v) is 46.5. The Morgan fingerprint density at radius 1 is 0.329 bits per heavy atom. The topological polar surface area (TPSA) is 61.8 Å². The van der Waals surface area contributed by atoms with Gasteiger partial charge >= 0.3 is 11.9 Å². The van der Waals surface area contributed by atoms with Crippen molar-refractivity contribution >= 4 is 11.9 Å². The van der Waals surface area contributed by atoms with Gasteiger partial charge in [-0.25, -0.2) is 0 Å². The fourth-order valence-electron chi connectivity index (χ4n) is 8.46. The Morgan fingerprint density at radius 3 is 1.04 bits per heavy atom. The first kappa shape index (κ1) is 67.1. The van der Waals surface area contributed by atoms with Crippen LogP contribution in [0, 0.1) is 0 Å². The van der Waals surface area contributed by atoms with Gasteiger partial charge in [-0.3, -0.25) is 9.59 Å². The van der Waals surface area contributed by atoms with Crippen molar-refractivity contribution in [3.8, 4) is 0 Å². The number of ether oxygens (including phenoxy) is 3. The first-order valence-corrected chi connectivity index (χ1v) is 30.1. The normalized spacial score (nSPS) is 12.8. The Kier molecular flexibility index (Phi) is 57.9. The maximum Gasteiger partial charge on any atom is 0.306 e. The van der Waals surface area contributed by atoms with Crippen molar-refractivity contribution in [2.75, 3.05) is 19.8 Å². The SMILES string of the molecule is CC/C=C\C/C=C\C/C=C\C/C=C\C/C=C\C/C=C\CCCOCC(COC(=O)CCCCCCCCCCC/C=C\CCCCCCCC)OC(=O)CCCCCCCCCCCCCCCCC. The van der Waals surface area contributed by atoms with Crippen LogP contribution in [0.3, 0.4) is 0 Å². The van der Waals surface area contributed by atoms with Gasteiger partial charge in [-0.15, -0.1) is 0 Å². The third-order valence-electron chi connectivity index (χ3n) is 12.9. The fourth-order valence-corrected chi connectivity index (χ4v) is 8.46. The lowest BCUT2D eigenvalue weighted by Gasteiger charge is -2.18. The van der Waals surface area contributed by atoms with E-state index in [0.29, 0.717) is 19.4 Å². The zero-order chi connectivity index (χ0) is 50.6. The van der Waals surface area contributed by atoms with Crippen molar-refractivity contribution in [2.45, 2.75) is 297 Å². The molecule has 0 aliphatic carbocycles. The van der Waals surface area contributed by atoms with Crippen LogP contribution in [0.4, 0.5) is 0 Å². The third kappa shape index (κ3) is 57.7. The van der Waals surface area contributed by atoms with Gasteiger partial charge in [-0.2, -0.15) is 0 Å². The van der Waals surface area contributed by atoms with Gasteiger partial charge in [0.2, 0.25) is 0 Å². The number of allylic oxidation sites excluding steroid dienone is 14. The molecule has 0 saturated carbocycles. The number of rotatable bonds is 55. The van der Waals surface area contributed by atoms with Crippen molar-refractivity contribution < 1.29 is 23.8 Å². The Labute approximate surface area is 435 Å². The molecule has 0 aliphatic heterocycles. The van der Waals surface area contributed by atoms with Gasteiger partial charge in [0.15, 0.2) is 6.10 Å². The van der Waals surface area contributed by atoms with Gasteiger partial charge in [0.05, 0.1) is 6.61 Å². The van der Waals surface area contributed by atoms with Crippen LogP contribution in [0.5, 0.6) is 0 Å². The Balaban J connectivity index is 4.35. The lowest BCUT2D eigenvalue weighted by molar-refractivity contribution is -0.163. The van der Waals surface area contributed by atoms with E-state index in [4.69, 9.17) is 14.2 Å². The second-order valence-electron chi connectivity index (χ2n) is 19.9. The molecule has 1 atom stereocenters. The first-order chi connectivity index (χ1) is 34.6. The average Bonchev–Trinajstić information content (AvgIpc) is 3.36. The standard InChI is InChI=1S/C65H114O5/c1-4-7-10-13-16-19-22-25-28-30-32-34-36-39-42-45-48-51-54-57-60-68-61-63(70-65(67)59-56-53-50-47-44-41-37-27-24-21-18-15-12-9-6-3)62-69-64(66)58-55-52-49-46-43-40-38-35-33-31-29-26-23-20-17-14-11-8-5-2/h7,10,16,19,25-26,28-29,32,34,39,42,48,51,63H,4-6,8-9,11-15,17-18,20-24,27,30-31,33,35-38,40-41,43-47,49-50,52-62H2,1-3H3/b10-7-,19-16-,28-25-,29-26-,34-32-,42-39-,51-48-. The number of carbonyl (C=O) groups is 2. The van der Waals surface area contributed by atoms with Gasteiger partial charge in [0.1, 0.15) is 6.61 Å². The summed E-state index contributed by atoms with van der Waals surface area (Å²) in [6, 6.07) is 0. The Hall–Kier alpha value is -2.92. The summed E-state index contributed by atoms with van der Waals surface area (Å²) in [6.45, 7) is 7.60. The van der Waals surface area contributed by atoms with Gasteiger partial charge in [0, 0.05) is 19.4 Å². The number of hydrogen-bond acceptors (Lipinski definition) is 5. The van der Waals surface area contributed by atoms with Crippen molar-refractivity contribution in [3.63, 3.8) is 0 Å². The molecule has 404 valence electrons. The molecule has 0 radical (unpaired) electrons. The predicted octanol–water partition coefficient (Wildman–Crippen LogP) is 20.8. The van der Waals surface area contributed by atoms with E-state index in [9.17, 15) is 9.59 Å². The summed E-state index contributed by atoms with van der Waals surface area (Å²) in [7, 11) is 0. The molecule has 0 aromatic carbocycles. The smallest absolute Gasteiger partial charge is 0.306 e. The molecule has 0 saturated heterocycles. The Morgan fingerprint density at radius 2 is 0.643 bits per heavy atom. The second-order valence-corrected chi connectivity index (χ2v) is 19.9. The summed E-state index contributed by atoms with van der Waals surface area (Å²) in [5.41, 5.74) is 0. The van der Waals surface area contributed by atoms with Gasteiger partial charge in [0.25, 0.3) is 0 Å². The highest BCUT2D eigenvalue weighted by atomic mass is 16.6. The van der Waals surface area contributed by atoms with Crippen LogP contribution in [-0.4, -0.2) is 37.9 Å². The summed E-state index contributed by atoms with van der Waals surface area (Å²) in [5, 5.41) is 0. The third-order valence-corrected chi connectivity index (χ3v) is 12.9. The van der Waals surface area contributed by atoms with Gasteiger partial charge < -0.3 is 14.2 Å². The summed E-state index contributed by atoms with van der Waals surface area (Å²) >= 11 is 0. The van der Waals surface area contributed by atoms with E-state index in [2.05, 4.69) is 106 Å². The molecule has 0 amide bonds. The van der Waals surface area contributed by atoms with E-state index >= 15 is 0 Å². The maximum atomic E-state index is 12.9. The molecule has 0 aromatic heterocycles. The first-order valence-electron chi connectivity index (χ1n) is 30.1. The summed E-state index contributed by atoms with van der Waals surface area (Å²) in [5.74, 6) is -0.421. The van der Waals surface area contributed by atoms with E-state index < -0.39 is 6.10 Å². The molecule has 0 spiro atoms. The van der Waals surface area contributed by atoms with E-state index in [-0.39, 0.29) is 25.2 Å². The van der Waals surface area contributed by atoms with Crippen molar-refractivity contribution in [2.24, 2.45) is 0 Å². The summed E-state index contributed by atoms with van der Waals surface area (Å²) in [4.78, 5) is 25.6. The van der Waals surface area contributed by atoms with Crippen molar-refractivity contribution in [3.05, 3.63) is 85.1 Å². The van der Waals surface area contributed by atoms with Crippen LogP contribution in [0.2, 0.25) is 0 Å². The number of unbranched alkanes of at least 4 members (excludes halogenated alkanes) is 30. The molecule has 0 aromatic rings. The highest BCUT2D eigenvalue weighted by Crippen LogP contribution is 2.16. The maximum absolute atomic E-state index is 12.9. The molecule has 70 heavy (non-hydrogen) atoms. The van der Waals surface area contributed by atoms with E-state index in [0.717, 1.165) is 77.0 Å². The van der Waals surface area contributed by atoms with E-state index in [1.807, 2.05) is 0 Å². The largest absolute Gasteiger partial charge is 0.462 e. The Bertz CT molecular complexity index is 1290. The second kappa shape index (κ2) is 60.4. The van der Waals surface area contributed by atoms with Gasteiger partial charge in [-0.05, 0) is 89.9 Å². The van der Waals surface area contributed by atoms with Crippen molar-refractivity contribution in [1.29, 1.82) is 0 Å². The quantitative estimate of drug-likeness (QED) is 0.0345. The number of esters is 2. The monoisotopic (exact) mass is 975 g/mol. The van der Waals surface area contributed by atoms with E-state index in [1.165, 1.54) is 180 Å². The highest BCUT2D eigenvalue weighted by Gasteiger charge is 2.17. The molecule has 1 unspecified atom stereocenters. The summed E-state index contributed by atoms with van der Waals surface area (Å²) < 4.78 is 17.4. The molecule has 0 N–H and O–H groups in total. The minimum Gasteiger partial charge on any atom is -0.462 e. The average molecular weight is 976 g/mol. The zero-order valence-electron chi connectivity index (χ0n) is 46.5. The molecule has 0 rings (SSSR count). The summed E-state index contributed by atoms with van der Waals surface area (Å²) in [6.07, 6.45) is 80.5. The lowest BCUT2D eigenvalue weighted by Crippen LogP contribution is -2.30. The molecule has 0 bridgehead atoms. The number of carbonyl (C=O) groups excluding carboxylic acids is 2. The molecular weight excluding hydrogens is 861 g/mol. The lowest BCUT2D eigenvalue weighted by atomic mass is 10.0. The molecular formula is C65H114O5. The van der Waals surface area contributed by atoms with Gasteiger partial charge in [-0.1, -0.05) is 273 Å².